The van der Waals surface area contributed by atoms with E-state index < -0.39 is 5.91 Å². The molecule has 7 nitrogen and oxygen atoms in total. The van der Waals surface area contributed by atoms with E-state index in [1.54, 1.807) is 23.0 Å². The summed E-state index contributed by atoms with van der Waals surface area (Å²) < 4.78 is 1.75. The zero-order valence-electron chi connectivity index (χ0n) is 15.4. The largest absolute Gasteiger partial charge is 0.366 e. The van der Waals surface area contributed by atoms with Gasteiger partial charge in [0.2, 0.25) is 5.91 Å². The molecule has 2 aromatic carbocycles. The number of fused-ring (bicyclic) bond motifs is 2. The molecular formula is C22H16N6O. The van der Waals surface area contributed by atoms with E-state index in [1.165, 1.54) is 0 Å². The van der Waals surface area contributed by atoms with Crippen LogP contribution in [0.2, 0.25) is 0 Å². The van der Waals surface area contributed by atoms with Gasteiger partial charge in [-0.05, 0) is 42.0 Å². The third kappa shape index (κ3) is 3.08. The first kappa shape index (κ1) is 17.0. The Balaban J connectivity index is 1.57. The van der Waals surface area contributed by atoms with E-state index >= 15 is 0 Å². The number of carbonyl (C=O) groups is 1. The van der Waals surface area contributed by atoms with Crippen molar-refractivity contribution in [3.05, 3.63) is 84.1 Å². The zero-order chi connectivity index (χ0) is 19.8. The maximum Gasteiger partial charge on any atom is 0.249 e. The van der Waals surface area contributed by atoms with Crippen molar-refractivity contribution >= 4 is 28.0 Å². The van der Waals surface area contributed by atoms with E-state index in [1.807, 2.05) is 48.5 Å². The molecule has 7 heteroatoms. The predicted molar refractivity (Wildman–Crippen MR) is 110 cm³/mol. The van der Waals surface area contributed by atoms with Gasteiger partial charge in [0.05, 0.1) is 17.8 Å². The molecule has 0 fully saturated rings. The number of benzene rings is 2. The average Bonchev–Trinajstić information content (AvgIpc) is 3.15. The van der Waals surface area contributed by atoms with Crippen LogP contribution in [0, 0.1) is 0 Å². The Hall–Kier alpha value is -4.13. The Labute approximate surface area is 165 Å². The van der Waals surface area contributed by atoms with Gasteiger partial charge in [0.25, 0.3) is 0 Å². The first-order valence-electron chi connectivity index (χ1n) is 9.12. The van der Waals surface area contributed by atoms with Crippen LogP contribution < -0.4 is 5.73 Å². The molecule has 3 heterocycles. The van der Waals surface area contributed by atoms with Gasteiger partial charge in [0, 0.05) is 22.7 Å². The highest BCUT2D eigenvalue weighted by Crippen LogP contribution is 2.24. The number of hydrogen-bond acceptors (Lipinski definition) is 5. The van der Waals surface area contributed by atoms with Crippen LogP contribution in [0.5, 0.6) is 0 Å². The molecule has 29 heavy (non-hydrogen) atoms. The Morgan fingerprint density at radius 3 is 2.72 bits per heavy atom. The third-order valence-corrected chi connectivity index (χ3v) is 4.83. The number of carbonyl (C=O) groups excluding carboxylic acids is 1. The molecule has 0 aliphatic rings. The summed E-state index contributed by atoms with van der Waals surface area (Å²) in [5, 5.41) is 9.54. The summed E-state index contributed by atoms with van der Waals surface area (Å²) in [4.78, 5) is 20.9. The van der Waals surface area contributed by atoms with Crippen molar-refractivity contribution in [2.45, 2.75) is 6.54 Å². The van der Waals surface area contributed by atoms with E-state index in [2.05, 4.69) is 21.4 Å². The van der Waals surface area contributed by atoms with Gasteiger partial charge in [-0.2, -0.15) is 0 Å². The van der Waals surface area contributed by atoms with Crippen molar-refractivity contribution in [2.75, 3.05) is 0 Å². The lowest BCUT2D eigenvalue weighted by atomic mass is 10.0. The first-order chi connectivity index (χ1) is 14.2. The van der Waals surface area contributed by atoms with Crippen LogP contribution in [0.15, 0.2) is 72.9 Å². The summed E-state index contributed by atoms with van der Waals surface area (Å²) >= 11 is 0. The number of nitrogens with two attached hydrogens (primary N) is 1. The minimum Gasteiger partial charge on any atom is -0.366 e. The van der Waals surface area contributed by atoms with Gasteiger partial charge < -0.3 is 5.73 Å². The number of nitrogens with zero attached hydrogens (tertiary/aromatic N) is 5. The predicted octanol–water partition coefficient (Wildman–Crippen LogP) is 3.19. The van der Waals surface area contributed by atoms with Crippen LogP contribution >= 0.6 is 0 Å². The SMILES string of the molecule is NC(=O)c1ccccc1-c1ccc2nnn(Cc3ccc4ncccc4c3)c2n1. The second-order valence-electron chi connectivity index (χ2n) is 6.73. The minimum absolute atomic E-state index is 0.431. The minimum atomic E-state index is -0.487. The maximum atomic E-state index is 11.8. The normalized spacial score (nSPS) is 11.2. The summed E-state index contributed by atoms with van der Waals surface area (Å²) in [6.45, 7) is 0.523. The second-order valence-corrected chi connectivity index (χ2v) is 6.73. The van der Waals surface area contributed by atoms with Gasteiger partial charge in [-0.3, -0.25) is 9.78 Å². The van der Waals surface area contributed by atoms with Crippen LogP contribution in [-0.2, 0) is 6.54 Å². The van der Waals surface area contributed by atoms with E-state index in [0.717, 1.165) is 16.5 Å². The zero-order valence-corrected chi connectivity index (χ0v) is 15.4. The third-order valence-electron chi connectivity index (χ3n) is 4.83. The molecule has 0 atom stereocenters. The van der Waals surface area contributed by atoms with Crippen LogP contribution in [0.3, 0.4) is 0 Å². The maximum absolute atomic E-state index is 11.8. The van der Waals surface area contributed by atoms with Crippen LogP contribution in [0.4, 0.5) is 0 Å². The molecule has 0 spiro atoms. The van der Waals surface area contributed by atoms with E-state index in [9.17, 15) is 4.79 Å². The second kappa shape index (κ2) is 6.79. The molecule has 0 aliphatic carbocycles. The Bertz CT molecular complexity index is 1370. The van der Waals surface area contributed by atoms with Crippen molar-refractivity contribution < 1.29 is 4.79 Å². The number of primary amides is 1. The van der Waals surface area contributed by atoms with Gasteiger partial charge in [-0.25, -0.2) is 9.67 Å². The summed E-state index contributed by atoms with van der Waals surface area (Å²) in [6, 6.07) is 20.9. The van der Waals surface area contributed by atoms with Crippen LogP contribution in [-0.4, -0.2) is 30.9 Å². The fourth-order valence-electron chi connectivity index (χ4n) is 3.43. The Morgan fingerprint density at radius 2 is 1.83 bits per heavy atom. The van der Waals surface area contributed by atoms with Gasteiger partial charge in [0.1, 0.15) is 5.52 Å². The van der Waals surface area contributed by atoms with Gasteiger partial charge in [-0.15, -0.1) is 5.10 Å². The smallest absolute Gasteiger partial charge is 0.249 e. The number of hydrogen-bond donors (Lipinski definition) is 1. The topological polar surface area (TPSA) is 99.6 Å². The molecule has 2 N–H and O–H groups in total. The standard InChI is InChI=1S/C22H16N6O/c23-21(29)17-6-2-1-5-16(17)19-9-10-20-22(25-19)28(27-26-20)13-14-7-8-18-15(12-14)4-3-11-24-18/h1-12H,13H2,(H2,23,29). The molecule has 3 aromatic heterocycles. The van der Waals surface area contributed by atoms with Crippen LogP contribution in [0.1, 0.15) is 15.9 Å². The molecule has 0 unspecified atom stereocenters. The molecule has 0 aliphatic heterocycles. The highest BCUT2D eigenvalue weighted by molar-refractivity contribution is 5.99. The van der Waals surface area contributed by atoms with Crippen LogP contribution in [0.25, 0.3) is 33.3 Å². The first-order valence-corrected chi connectivity index (χ1v) is 9.12. The average molecular weight is 380 g/mol. The monoisotopic (exact) mass is 380 g/mol. The lowest BCUT2D eigenvalue weighted by Gasteiger charge is -2.07. The Kier molecular flexibility index (Phi) is 3.98. The highest BCUT2D eigenvalue weighted by Gasteiger charge is 2.13. The molecular weight excluding hydrogens is 364 g/mol. The van der Waals surface area contributed by atoms with Gasteiger partial charge in [-0.1, -0.05) is 35.5 Å². The van der Waals surface area contributed by atoms with Gasteiger partial charge in [0.15, 0.2) is 5.65 Å². The van der Waals surface area contributed by atoms with E-state index in [0.29, 0.717) is 34.5 Å². The van der Waals surface area contributed by atoms with E-state index in [-0.39, 0.29) is 0 Å². The lowest BCUT2D eigenvalue weighted by Crippen LogP contribution is -2.12. The molecule has 1 amide bonds. The number of rotatable bonds is 4. The number of amides is 1. The number of pyridine rings is 2. The van der Waals surface area contributed by atoms with Crippen molar-refractivity contribution in [3.8, 4) is 11.3 Å². The summed E-state index contributed by atoms with van der Waals surface area (Å²) in [5.41, 5.74) is 10.6. The fourth-order valence-corrected chi connectivity index (χ4v) is 3.43. The molecule has 0 radical (unpaired) electrons. The van der Waals surface area contributed by atoms with Crippen molar-refractivity contribution in [1.29, 1.82) is 0 Å². The lowest BCUT2D eigenvalue weighted by molar-refractivity contribution is 0.100. The molecule has 5 aromatic rings. The summed E-state index contributed by atoms with van der Waals surface area (Å²) in [5.74, 6) is -0.487. The quantitative estimate of drug-likeness (QED) is 0.516. The van der Waals surface area contributed by atoms with E-state index in [4.69, 9.17) is 10.7 Å². The molecule has 0 bridgehead atoms. The summed E-state index contributed by atoms with van der Waals surface area (Å²) in [6.07, 6.45) is 1.78. The van der Waals surface area contributed by atoms with Crippen molar-refractivity contribution in [3.63, 3.8) is 0 Å². The molecule has 5 rings (SSSR count). The van der Waals surface area contributed by atoms with Crippen molar-refractivity contribution in [2.24, 2.45) is 5.73 Å². The fraction of sp³-hybridized carbons (Fsp3) is 0.0455. The molecule has 0 saturated heterocycles. The molecule has 140 valence electrons. The molecule has 0 saturated carbocycles. The van der Waals surface area contributed by atoms with Crippen molar-refractivity contribution in [1.82, 2.24) is 25.0 Å². The highest BCUT2D eigenvalue weighted by atomic mass is 16.1. The number of aromatic nitrogens is 5. The Morgan fingerprint density at radius 1 is 0.966 bits per heavy atom. The summed E-state index contributed by atoms with van der Waals surface area (Å²) in [7, 11) is 0. The van der Waals surface area contributed by atoms with Gasteiger partial charge >= 0.3 is 0 Å².